The summed E-state index contributed by atoms with van der Waals surface area (Å²) in [5, 5.41) is 3.28. The second-order valence-corrected chi connectivity index (χ2v) is 4.99. The summed E-state index contributed by atoms with van der Waals surface area (Å²) in [6.07, 6.45) is 1.89. The fraction of sp³-hybridized carbons (Fsp3) is 0.462. The van der Waals surface area contributed by atoms with Crippen LogP contribution in [0.15, 0.2) is 24.3 Å². The maximum atomic E-state index is 11.5. The van der Waals surface area contributed by atoms with E-state index in [4.69, 9.17) is 27.9 Å². The van der Waals surface area contributed by atoms with Gasteiger partial charge in [0, 0.05) is 11.6 Å². The van der Waals surface area contributed by atoms with Gasteiger partial charge in [0.2, 0.25) is 0 Å². The van der Waals surface area contributed by atoms with Crippen LogP contribution in [0.3, 0.4) is 0 Å². The van der Waals surface area contributed by atoms with E-state index in [2.05, 4.69) is 12.2 Å². The largest absolute Gasteiger partial charge is 0.484 e. The van der Waals surface area contributed by atoms with Gasteiger partial charge in [-0.25, -0.2) is 0 Å². The Balaban J connectivity index is 2.25. The highest BCUT2D eigenvalue weighted by atomic mass is 35.5. The van der Waals surface area contributed by atoms with E-state index in [1.165, 1.54) is 0 Å². The van der Waals surface area contributed by atoms with Crippen molar-refractivity contribution in [2.75, 3.05) is 13.2 Å². The minimum atomic E-state index is -0.184. The predicted molar refractivity (Wildman–Crippen MR) is 74.5 cm³/mol. The van der Waals surface area contributed by atoms with E-state index < -0.39 is 0 Å². The summed E-state index contributed by atoms with van der Waals surface area (Å²) in [6, 6.07) is 6.93. The first-order chi connectivity index (χ1) is 8.61. The molecule has 0 aliphatic carbocycles. The lowest BCUT2D eigenvalue weighted by Gasteiger charge is -2.10. The summed E-state index contributed by atoms with van der Waals surface area (Å²) < 4.78 is 5.30. The molecular weight excluding hydrogens is 273 g/mol. The lowest BCUT2D eigenvalue weighted by molar-refractivity contribution is -0.123. The number of alkyl halides is 1. The molecule has 0 fully saturated rings. The first-order valence-corrected chi connectivity index (χ1v) is 6.72. The zero-order valence-electron chi connectivity index (χ0n) is 10.3. The topological polar surface area (TPSA) is 38.3 Å². The highest BCUT2D eigenvalue weighted by Crippen LogP contribution is 2.16. The highest BCUT2D eigenvalue weighted by Gasteiger charge is 2.07. The van der Waals surface area contributed by atoms with Gasteiger partial charge in [-0.05, 0) is 24.6 Å². The standard InChI is InChI=1S/C13H17Cl2NO2/c1-2-4-11(15)8-16-13(17)9-18-12-6-3-5-10(14)7-12/h3,5-7,11H,2,4,8-9H2,1H3,(H,16,17). The molecule has 1 N–H and O–H groups in total. The highest BCUT2D eigenvalue weighted by molar-refractivity contribution is 6.30. The molecule has 1 unspecified atom stereocenters. The fourth-order valence-corrected chi connectivity index (χ4v) is 1.87. The minimum Gasteiger partial charge on any atom is -0.484 e. The number of halogens is 2. The average Bonchev–Trinajstić information content (AvgIpc) is 2.34. The molecule has 0 bridgehead atoms. The second-order valence-electron chi connectivity index (χ2n) is 3.94. The number of benzene rings is 1. The van der Waals surface area contributed by atoms with Gasteiger partial charge in [-0.1, -0.05) is 31.0 Å². The number of ether oxygens (including phenoxy) is 1. The normalized spacial score (nSPS) is 11.9. The summed E-state index contributed by atoms with van der Waals surface area (Å²) in [5.41, 5.74) is 0. The third kappa shape index (κ3) is 6.12. The first kappa shape index (κ1) is 15.1. The Kier molecular flexibility index (Phi) is 6.91. The van der Waals surface area contributed by atoms with E-state index in [9.17, 15) is 4.79 Å². The summed E-state index contributed by atoms with van der Waals surface area (Å²) in [7, 11) is 0. The van der Waals surface area contributed by atoms with Crippen LogP contribution >= 0.6 is 23.2 Å². The molecule has 1 aromatic carbocycles. The van der Waals surface area contributed by atoms with Gasteiger partial charge in [0.1, 0.15) is 5.75 Å². The van der Waals surface area contributed by atoms with Crippen LogP contribution in [0.5, 0.6) is 5.75 Å². The third-order valence-electron chi connectivity index (χ3n) is 2.29. The van der Waals surface area contributed by atoms with E-state index in [1.807, 2.05) is 0 Å². The van der Waals surface area contributed by atoms with E-state index in [0.717, 1.165) is 12.8 Å². The van der Waals surface area contributed by atoms with Gasteiger partial charge < -0.3 is 10.1 Å². The summed E-state index contributed by atoms with van der Waals surface area (Å²) in [4.78, 5) is 11.5. The molecule has 100 valence electrons. The van der Waals surface area contributed by atoms with Gasteiger partial charge in [0.25, 0.3) is 5.91 Å². The number of amides is 1. The first-order valence-electron chi connectivity index (χ1n) is 5.91. The Morgan fingerprint density at radius 2 is 2.28 bits per heavy atom. The lowest BCUT2D eigenvalue weighted by Crippen LogP contribution is -2.33. The summed E-state index contributed by atoms with van der Waals surface area (Å²) in [6.45, 7) is 2.49. The van der Waals surface area contributed by atoms with Crippen molar-refractivity contribution in [3.8, 4) is 5.75 Å². The van der Waals surface area contributed by atoms with Crippen molar-refractivity contribution in [2.45, 2.75) is 25.1 Å². The maximum absolute atomic E-state index is 11.5. The molecule has 5 heteroatoms. The van der Waals surface area contributed by atoms with Crippen LogP contribution in [0, 0.1) is 0 Å². The zero-order chi connectivity index (χ0) is 13.4. The molecule has 1 rings (SSSR count). The number of nitrogens with one attached hydrogen (secondary N) is 1. The van der Waals surface area contributed by atoms with Crippen LogP contribution < -0.4 is 10.1 Å². The van der Waals surface area contributed by atoms with Crippen molar-refractivity contribution < 1.29 is 9.53 Å². The van der Waals surface area contributed by atoms with Gasteiger partial charge in [-0.3, -0.25) is 4.79 Å². The lowest BCUT2D eigenvalue weighted by atomic mass is 10.2. The van der Waals surface area contributed by atoms with Gasteiger partial charge in [0.05, 0.1) is 5.38 Å². The average molecular weight is 290 g/mol. The monoisotopic (exact) mass is 289 g/mol. The molecule has 0 aromatic heterocycles. The molecule has 0 aliphatic heterocycles. The van der Waals surface area contributed by atoms with Crippen molar-refractivity contribution in [3.63, 3.8) is 0 Å². The Morgan fingerprint density at radius 1 is 1.50 bits per heavy atom. The molecule has 0 heterocycles. The van der Waals surface area contributed by atoms with Crippen molar-refractivity contribution in [1.29, 1.82) is 0 Å². The maximum Gasteiger partial charge on any atom is 0.257 e. The SMILES string of the molecule is CCCC(Cl)CNC(=O)COc1cccc(Cl)c1. The molecular formula is C13H17Cl2NO2. The quantitative estimate of drug-likeness (QED) is 0.783. The molecule has 0 spiro atoms. The molecule has 1 atom stereocenters. The molecule has 1 aromatic rings. The molecule has 3 nitrogen and oxygen atoms in total. The molecule has 0 radical (unpaired) electrons. The Bertz CT molecular complexity index is 385. The third-order valence-corrected chi connectivity index (χ3v) is 2.90. The van der Waals surface area contributed by atoms with Gasteiger partial charge in [-0.15, -0.1) is 11.6 Å². The molecule has 0 saturated heterocycles. The van der Waals surface area contributed by atoms with Crippen molar-refractivity contribution in [3.05, 3.63) is 29.3 Å². The van der Waals surface area contributed by atoms with E-state index in [1.54, 1.807) is 24.3 Å². The second kappa shape index (κ2) is 8.22. The Hall–Kier alpha value is -0.930. The van der Waals surface area contributed by atoms with E-state index >= 15 is 0 Å². The van der Waals surface area contributed by atoms with Gasteiger partial charge in [-0.2, -0.15) is 0 Å². The molecule has 1 amide bonds. The number of hydrogen-bond donors (Lipinski definition) is 1. The smallest absolute Gasteiger partial charge is 0.257 e. The summed E-state index contributed by atoms with van der Waals surface area (Å²) >= 11 is 11.8. The van der Waals surface area contributed by atoms with Crippen molar-refractivity contribution in [2.24, 2.45) is 0 Å². The molecule has 18 heavy (non-hydrogen) atoms. The van der Waals surface area contributed by atoms with E-state index in [0.29, 0.717) is 17.3 Å². The number of rotatable bonds is 7. The van der Waals surface area contributed by atoms with Crippen LogP contribution in [0.1, 0.15) is 19.8 Å². The van der Waals surface area contributed by atoms with E-state index in [-0.39, 0.29) is 17.9 Å². The predicted octanol–water partition coefficient (Wildman–Crippen LogP) is 3.24. The van der Waals surface area contributed by atoms with Crippen LogP contribution in [0.25, 0.3) is 0 Å². The van der Waals surface area contributed by atoms with Crippen molar-refractivity contribution in [1.82, 2.24) is 5.32 Å². The Morgan fingerprint density at radius 3 is 2.94 bits per heavy atom. The van der Waals surface area contributed by atoms with Gasteiger partial charge >= 0.3 is 0 Å². The molecule has 0 aliphatic rings. The minimum absolute atomic E-state index is 0.0230. The van der Waals surface area contributed by atoms with Crippen LogP contribution in [-0.4, -0.2) is 24.4 Å². The van der Waals surface area contributed by atoms with Gasteiger partial charge in [0.15, 0.2) is 6.61 Å². The van der Waals surface area contributed by atoms with Crippen LogP contribution in [-0.2, 0) is 4.79 Å². The number of hydrogen-bond acceptors (Lipinski definition) is 2. The fourth-order valence-electron chi connectivity index (χ4n) is 1.40. The van der Waals surface area contributed by atoms with Crippen LogP contribution in [0.4, 0.5) is 0 Å². The Labute approximate surface area is 117 Å². The molecule has 0 saturated carbocycles. The number of carbonyl (C=O) groups is 1. The van der Waals surface area contributed by atoms with Crippen molar-refractivity contribution >= 4 is 29.1 Å². The number of carbonyl (C=O) groups excluding carboxylic acids is 1. The summed E-state index contributed by atoms with van der Waals surface area (Å²) in [5.74, 6) is 0.394. The van der Waals surface area contributed by atoms with Crippen LogP contribution in [0.2, 0.25) is 5.02 Å². The zero-order valence-corrected chi connectivity index (χ0v) is 11.8.